The molecular formula is C19H13ClF3N7O. The van der Waals surface area contributed by atoms with Crippen LogP contribution in [0.25, 0.3) is 11.4 Å². The third kappa shape index (κ3) is 3.99. The largest absolute Gasteiger partial charge is 0.418 e. The molecule has 2 aromatic heterocycles. The number of para-hydroxylation sites is 1. The van der Waals surface area contributed by atoms with Crippen molar-refractivity contribution in [2.45, 2.75) is 13.1 Å². The summed E-state index contributed by atoms with van der Waals surface area (Å²) in [4.78, 5) is 13.7. The first-order chi connectivity index (χ1) is 14.8. The van der Waals surface area contributed by atoms with Gasteiger partial charge in [-0.2, -0.15) is 28.2 Å². The molecule has 0 aliphatic carbocycles. The Kier molecular flexibility index (Phi) is 5.19. The van der Waals surface area contributed by atoms with E-state index in [0.29, 0.717) is 16.4 Å². The van der Waals surface area contributed by atoms with Crippen molar-refractivity contribution in [3.63, 3.8) is 0 Å². The van der Waals surface area contributed by atoms with Gasteiger partial charge in [0.15, 0.2) is 5.69 Å². The average Bonchev–Trinajstić information content (AvgIpc) is 3.38. The van der Waals surface area contributed by atoms with Crippen molar-refractivity contribution in [3.05, 3.63) is 76.8 Å². The van der Waals surface area contributed by atoms with Gasteiger partial charge in [-0.15, -0.1) is 5.10 Å². The number of anilines is 1. The number of nitrogens with zero attached hydrogens (tertiary/aromatic N) is 6. The molecule has 0 aliphatic rings. The van der Waals surface area contributed by atoms with Gasteiger partial charge in [0.05, 0.1) is 45.7 Å². The smallest absolute Gasteiger partial charge is 0.320 e. The summed E-state index contributed by atoms with van der Waals surface area (Å²) in [5.41, 5.74) is -0.717. The Morgan fingerprint density at radius 2 is 1.81 bits per heavy atom. The number of carbonyl (C=O) groups excluding carboxylic acids is 1. The van der Waals surface area contributed by atoms with Gasteiger partial charge < -0.3 is 5.32 Å². The third-order valence-corrected chi connectivity index (χ3v) is 4.72. The number of aromatic nitrogens is 6. The van der Waals surface area contributed by atoms with Gasteiger partial charge in [-0.3, -0.25) is 4.79 Å². The summed E-state index contributed by atoms with van der Waals surface area (Å²) < 4.78 is 42.2. The summed E-state index contributed by atoms with van der Waals surface area (Å²) >= 11 is 6.15. The van der Waals surface area contributed by atoms with Gasteiger partial charge in [0, 0.05) is 0 Å². The molecule has 0 saturated heterocycles. The first-order valence-electron chi connectivity index (χ1n) is 8.82. The summed E-state index contributed by atoms with van der Waals surface area (Å²) in [6, 6.07) is 10.1. The summed E-state index contributed by atoms with van der Waals surface area (Å²) in [5, 5.41) is 18.0. The molecule has 2 aromatic carbocycles. The van der Waals surface area contributed by atoms with Crippen molar-refractivity contribution in [2.24, 2.45) is 0 Å². The van der Waals surface area contributed by atoms with Crippen LogP contribution < -0.4 is 5.32 Å². The van der Waals surface area contributed by atoms with Crippen LogP contribution in [-0.4, -0.2) is 35.9 Å². The Hall–Kier alpha value is -3.73. The van der Waals surface area contributed by atoms with E-state index in [-0.39, 0.29) is 11.4 Å². The quantitative estimate of drug-likeness (QED) is 0.509. The number of hydrogen-bond acceptors (Lipinski definition) is 5. The Labute approximate surface area is 178 Å². The molecule has 2 heterocycles. The Balaban J connectivity index is 1.67. The zero-order valence-electron chi connectivity index (χ0n) is 15.8. The molecule has 0 spiro atoms. The van der Waals surface area contributed by atoms with Gasteiger partial charge in [0.1, 0.15) is 0 Å². The molecular weight excluding hydrogens is 435 g/mol. The van der Waals surface area contributed by atoms with Crippen LogP contribution in [0.3, 0.4) is 0 Å². The van der Waals surface area contributed by atoms with Crippen LogP contribution in [0.15, 0.2) is 54.9 Å². The van der Waals surface area contributed by atoms with Crippen LogP contribution in [0.2, 0.25) is 5.02 Å². The fourth-order valence-corrected chi connectivity index (χ4v) is 3.14. The minimum absolute atomic E-state index is 0.0937. The highest BCUT2D eigenvalue weighted by Gasteiger charge is 2.35. The maximum Gasteiger partial charge on any atom is 0.418 e. The van der Waals surface area contributed by atoms with Crippen molar-refractivity contribution < 1.29 is 18.0 Å². The second kappa shape index (κ2) is 7.84. The van der Waals surface area contributed by atoms with Crippen molar-refractivity contribution in [3.8, 4) is 11.4 Å². The van der Waals surface area contributed by atoms with Crippen molar-refractivity contribution in [1.82, 2.24) is 30.0 Å². The number of amides is 1. The first kappa shape index (κ1) is 20.5. The number of rotatable bonds is 4. The molecule has 0 saturated carbocycles. The predicted molar refractivity (Wildman–Crippen MR) is 105 cm³/mol. The lowest BCUT2D eigenvalue weighted by Gasteiger charge is -2.15. The van der Waals surface area contributed by atoms with Gasteiger partial charge in [0.25, 0.3) is 5.91 Å². The number of halogens is 4. The minimum atomic E-state index is -4.73. The van der Waals surface area contributed by atoms with Gasteiger partial charge in [-0.25, -0.2) is 4.68 Å². The van der Waals surface area contributed by atoms with Gasteiger partial charge in [-0.05, 0) is 37.3 Å². The van der Waals surface area contributed by atoms with E-state index >= 15 is 0 Å². The summed E-state index contributed by atoms with van der Waals surface area (Å²) in [5.74, 6) is -0.841. The number of benzene rings is 2. The van der Waals surface area contributed by atoms with Crippen LogP contribution in [0.1, 0.15) is 21.7 Å². The van der Waals surface area contributed by atoms with E-state index in [0.717, 1.165) is 16.9 Å². The average molecular weight is 448 g/mol. The highest BCUT2D eigenvalue weighted by Crippen LogP contribution is 2.36. The topological polar surface area (TPSA) is 90.5 Å². The first-order valence-corrected chi connectivity index (χ1v) is 9.20. The molecule has 1 N–H and O–H groups in total. The van der Waals surface area contributed by atoms with Crippen molar-refractivity contribution in [2.75, 3.05) is 5.32 Å². The van der Waals surface area contributed by atoms with Gasteiger partial charge >= 0.3 is 6.18 Å². The number of nitrogens with one attached hydrogen (secondary N) is 1. The molecule has 0 radical (unpaired) electrons. The van der Waals surface area contributed by atoms with Crippen LogP contribution in [0, 0.1) is 6.92 Å². The summed E-state index contributed by atoms with van der Waals surface area (Å²) in [6.07, 6.45) is -2.04. The predicted octanol–water partition coefficient (Wildman–Crippen LogP) is 4.08. The maximum absolute atomic E-state index is 13.6. The van der Waals surface area contributed by atoms with Gasteiger partial charge in [0.2, 0.25) is 0 Å². The van der Waals surface area contributed by atoms with Crippen LogP contribution in [0.5, 0.6) is 0 Å². The van der Waals surface area contributed by atoms with Crippen LogP contribution in [0.4, 0.5) is 18.9 Å². The third-order valence-electron chi connectivity index (χ3n) is 4.40. The van der Waals surface area contributed by atoms with Crippen molar-refractivity contribution >= 4 is 23.2 Å². The summed E-state index contributed by atoms with van der Waals surface area (Å²) in [7, 11) is 0. The molecule has 12 heteroatoms. The Bertz CT molecular complexity index is 1250. The normalized spacial score (nSPS) is 11.5. The fourth-order valence-electron chi connectivity index (χ4n) is 2.92. The SMILES string of the molecule is Cc1c(C(=O)Nc2ccc(-n3nccn3)cc2C(F)(F)F)nnn1-c1ccccc1Cl. The Morgan fingerprint density at radius 3 is 2.48 bits per heavy atom. The molecule has 0 unspecified atom stereocenters. The van der Waals surface area contributed by atoms with Crippen molar-refractivity contribution in [1.29, 1.82) is 0 Å². The zero-order valence-corrected chi connectivity index (χ0v) is 16.6. The van der Waals surface area contributed by atoms with E-state index in [2.05, 4.69) is 25.8 Å². The molecule has 31 heavy (non-hydrogen) atoms. The molecule has 0 fully saturated rings. The number of carbonyl (C=O) groups is 1. The summed E-state index contributed by atoms with van der Waals surface area (Å²) in [6.45, 7) is 1.56. The molecule has 0 bridgehead atoms. The van der Waals surface area contributed by atoms with E-state index in [9.17, 15) is 18.0 Å². The lowest BCUT2D eigenvalue weighted by molar-refractivity contribution is -0.136. The Morgan fingerprint density at radius 1 is 1.10 bits per heavy atom. The second-order valence-electron chi connectivity index (χ2n) is 6.39. The number of hydrogen-bond donors (Lipinski definition) is 1. The molecule has 0 aliphatic heterocycles. The highest BCUT2D eigenvalue weighted by atomic mass is 35.5. The molecule has 4 rings (SSSR count). The monoisotopic (exact) mass is 447 g/mol. The lowest BCUT2D eigenvalue weighted by atomic mass is 10.1. The van der Waals surface area contributed by atoms with Crippen LogP contribution >= 0.6 is 11.6 Å². The van der Waals surface area contributed by atoms with E-state index < -0.39 is 23.3 Å². The number of alkyl halides is 3. The second-order valence-corrected chi connectivity index (χ2v) is 6.79. The minimum Gasteiger partial charge on any atom is -0.320 e. The lowest BCUT2D eigenvalue weighted by Crippen LogP contribution is -2.18. The maximum atomic E-state index is 13.6. The molecule has 4 aromatic rings. The fraction of sp³-hybridized carbons (Fsp3) is 0.105. The molecule has 0 atom stereocenters. The highest BCUT2D eigenvalue weighted by molar-refractivity contribution is 6.32. The standard InChI is InChI=1S/C19H13ClF3N7O/c1-11-17(27-28-29(11)16-5-3-2-4-14(16)20)18(31)26-15-7-6-12(30-24-8-9-25-30)10-13(15)19(21,22)23/h2-10H,1H3,(H,26,31). The molecule has 1 amide bonds. The van der Waals surface area contributed by atoms with E-state index in [1.165, 1.54) is 23.1 Å². The molecule has 158 valence electrons. The van der Waals surface area contributed by atoms with E-state index in [4.69, 9.17) is 11.6 Å². The van der Waals surface area contributed by atoms with E-state index in [1.54, 1.807) is 31.2 Å². The van der Waals surface area contributed by atoms with Gasteiger partial charge in [-0.1, -0.05) is 28.9 Å². The van der Waals surface area contributed by atoms with Crippen LogP contribution in [-0.2, 0) is 6.18 Å². The zero-order chi connectivity index (χ0) is 22.2. The molecule has 8 nitrogen and oxygen atoms in total. The van der Waals surface area contributed by atoms with E-state index in [1.807, 2.05) is 0 Å².